The van der Waals surface area contributed by atoms with Crippen LogP contribution in [0.5, 0.6) is 5.75 Å². The van der Waals surface area contributed by atoms with Gasteiger partial charge in [-0.25, -0.2) is 0 Å². The summed E-state index contributed by atoms with van der Waals surface area (Å²) in [5.74, 6) is 0.585. The van der Waals surface area contributed by atoms with Crippen LogP contribution < -0.4 is 4.74 Å². The van der Waals surface area contributed by atoms with Gasteiger partial charge in [-0.1, -0.05) is 18.2 Å². The van der Waals surface area contributed by atoms with Crippen LogP contribution in [-0.2, 0) is 13.1 Å². The summed E-state index contributed by atoms with van der Waals surface area (Å²) in [5.41, 5.74) is 2.40. The van der Waals surface area contributed by atoms with Crippen LogP contribution in [0.2, 0.25) is 0 Å². The fourth-order valence-electron chi connectivity index (χ4n) is 3.19. The Morgan fingerprint density at radius 3 is 2.63 bits per heavy atom. The molecule has 0 radical (unpaired) electrons. The maximum atomic E-state index is 13.0. The zero-order valence-electron chi connectivity index (χ0n) is 16.7. The molecule has 1 aromatic heterocycles. The number of hydrogen-bond acceptors (Lipinski definition) is 4. The summed E-state index contributed by atoms with van der Waals surface area (Å²) in [5, 5.41) is 10.8. The second kappa shape index (κ2) is 9.56. The summed E-state index contributed by atoms with van der Waals surface area (Å²) >= 11 is 0. The van der Waals surface area contributed by atoms with Gasteiger partial charge >= 0.3 is 0 Å². The Labute approximate surface area is 175 Å². The number of ether oxygens (including phenoxy) is 1. The molecule has 0 saturated carbocycles. The summed E-state index contributed by atoms with van der Waals surface area (Å²) in [6.45, 7) is 5.14. The molecule has 0 atom stereocenters. The van der Waals surface area contributed by atoms with E-state index in [1.54, 1.807) is 18.1 Å². The third kappa shape index (κ3) is 4.94. The second-order valence-corrected chi connectivity index (χ2v) is 6.76. The number of aromatic nitrogens is 1. The summed E-state index contributed by atoms with van der Waals surface area (Å²) in [6.07, 6.45) is 3.63. The van der Waals surface area contributed by atoms with Crippen molar-refractivity contribution in [2.24, 2.45) is 0 Å². The van der Waals surface area contributed by atoms with E-state index in [2.05, 4.69) is 11.1 Å². The van der Waals surface area contributed by atoms with Crippen molar-refractivity contribution < 1.29 is 14.5 Å². The largest absolute Gasteiger partial charge is 0.497 e. The number of amides is 1. The van der Waals surface area contributed by atoms with Gasteiger partial charge < -0.3 is 14.2 Å². The van der Waals surface area contributed by atoms with E-state index >= 15 is 0 Å². The predicted octanol–water partition coefficient (Wildman–Crippen LogP) is 4.28. The number of rotatable bonds is 9. The molecule has 0 aliphatic rings. The lowest BCUT2D eigenvalue weighted by Gasteiger charge is -2.22. The topological polar surface area (TPSA) is 77.6 Å². The predicted molar refractivity (Wildman–Crippen MR) is 115 cm³/mol. The standard InChI is InChI=1S/C23H23N3O4/c1-3-13-25(23(27)19-9-11-20(12-10-19)26(28)29)17-21-7-5-14-24(21)16-18-6-4-8-22(15-18)30-2/h3-12,14-15H,1,13,16-17H2,2H3. The normalized spacial score (nSPS) is 10.4. The van der Waals surface area contributed by atoms with E-state index in [1.807, 2.05) is 42.6 Å². The molecular formula is C23H23N3O4. The molecule has 1 heterocycles. The molecule has 3 rings (SSSR count). The van der Waals surface area contributed by atoms with Gasteiger partial charge in [-0.15, -0.1) is 6.58 Å². The number of nitrogens with zero attached hydrogens (tertiary/aromatic N) is 3. The van der Waals surface area contributed by atoms with Gasteiger partial charge in [0.2, 0.25) is 0 Å². The van der Waals surface area contributed by atoms with Crippen molar-refractivity contribution in [3.05, 3.63) is 106 Å². The molecule has 154 valence electrons. The monoisotopic (exact) mass is 405 g/mol. The average Bonchev–Trinajstić information content (AvgIpc) is 3.19. The van der Waals surface area contributed by atoms with Crippen molar-refractivity contribution in [3.63, 3.8) is 0 Å². The number of non-ortho nitro benzene ring substituents is 1. The number of benzene rings is 2. The number of methoxy groups -OCH3 is 1. The van der Waals surface area contributed by atoms with E-state index in [0.717, 1.165) is 17.0 Å². The summed E-state index contributed by atoms with van der Waals surface area (Å²) in [4.78, 5) is 25.0. The van der Waals surface area contributed by atoms with Gasteiger partial charge in [0.25, 0.3) is 11.6 Å². The van der Waals surface area contributed by atoms with Crippen molar-refractivity contribution in [2.75, 3.05) is 13.7 Å². The fraction of sp³-hybridized carbons (Fsp3) is 0.174. The Bertz CT molecular complexity index is 1040. The Hall–Kier alpha value is -3.87. The van der Waals surface area contributed by atoms with Crippen molar-refractivity contribution in [2.45, 2.75) is 13.1 Å². The molecule has 0 aliphatic carbocycles. The van der Waals surface area contributed by atoms with Gasteiger partial charge in [0.1, 0.15) is 5.75 Å². The fourth-order valence-corrected chi connectivity index (χ4v) is 3.19. The number of nitro groups is 1. The highest BCUT2D eigenvalue weighted by atomic mass is 16.6. The van der Waals surface area contributed by atoms with Gasteiger partial charge in [-0.2, -0.15) is 0 Å². The number of carbonyl (C=O) groups excluding carboxylic acids is 1. The van der Waals surface area contributed by atoms with Crippen molar-refractivity contribution in [1.82, 2.24) is 9.47 Å². The molecule has 0 unspecified atom stereocenters. The molecular weight excluding hydrogens is 382 g/mol. The zero-order valence-corrected chi connectivity index (χ0v) is 16.7. The lowest BCUT2D eigenvalue weighted by Crippen LogP contribution is -2.31. The summed E-state index contributed by atoms with van der Waals surface area (Å²) in [7, 11) is 1.64. The summed E-state index contributed by atoms with van der Waals surface area (Å²) < 4.78 is 7.37. The Morgan fingerprint density at radius 2 is 1.97 bits per heavy atom. The molecule has 0 aliphatic heterocycles. The molecule has 1 amide bonds. The highest BCUT2D eigenvalue weighted by Crippen LogP contribution is 2.18. The van der Waals surface area contributed by atoms with Gasteiger partial charge in [0, 0.05) is 42.7 Å². The molecule has 0 N–H and O–H groups in total. The van der Waals surface area contributed by atoms with E-state index in [4.69, 9.17) is 4.74 Å². The Balaban J connectivity index is 1.78. The minimum Gasteiger partial charge on any atom is -0.497 e. The molecule has 3 aromatic rings. The molecule has 0 fully saturated rings. The van der Waals surface area contributed by atoms with Crippen LogP contribution in [-0.4, -0.2) is 34.0 Å². The lowest BCUT2D eigenvalue weighted by molar-refractivity contribution is -0.384. The first kappa shape index (κ1) is 20.9. The van der Waals surface area contributed by atoms with Crippen molar-refractivity contribution in [1.29, 1.82) is 0 Å². The van der Waals surface area contributed by atoms with Crippen LogP contribution in [0.15, 0.2) is 79.5 Å². The summed E-state index contributed by atoms with van der Waals surface area (Å²) in [6, 6.07) is 17.4. The molecule has 2 aromatic carbocycles. The molecule has 7 nitrogen and oxygen atoms in total. The van der Waals surface area contributed by atoms with Gasteiger partial charge in [-0.3, -0.25) is 14.9 Å². The molecule has 0 saturated heterocycles. The van der Waals surface area contributed by atoms with E-state index < -0.39 is 4.92 Å². The van der Waals surface area contributed by atoms with Gasteiger partial charge in [0.05, 0.1) is 18.6 Å². The van der Waals surface area contributed by atoms with Crippen LogP contribution in [0, 0.1) is 10.1 Å². The third-order valence-electron chi connectivity index (χ3n) is 4.73. The smallest absolute Gasteiger partial charge is 0.269 e. The highest BCUT2D eigenvalue weighted by Gasteiger charge is 2.18. The average molecular weight is 405 g/mol. The molecule has 30 heavy (non-hydrogen) atoms. The van der Waals surface area contributed by atoms with Crippen LogP contribution in [0.4, 0.5) is 5.69 Å². The van der Waals surface area contributed by atoms with Crippen LogP contribution in [0.1, 0.15) is 21.6 Å². The quantitative estimate of drug-likeness (QED) is 0.302. The van der Waals surface area contributed by atoms with E-state index in [0.29, 0.717) is 25.2 Å². The Kier molecular flexibility index (Phi) is 6.64. The third-order valence-corrected chi connectivity index (χ3v) is 4.73. The first-order chi connectivity index (χ1) is 14.5. The Morgan fingerprint density at radius 1 is 1.20 bits per heavy atom. The van der Waals surface area contributed by atoms with Gasteiger partial charge in [-0.05, 0) is 42.0 Å². The second-order valence-electron chi connectivity index (χ2n) is 6.76. The first-order valence-electron chi connectivity index (χ1n) is 9.43. The highest BCUT2D eigenvalue weighted by molar-refractivity contribution is 5.94. The maximum absolute atomic E-state index is 13.0. The minimum absolute atomic E-state index is 0.0472. The van der Waals surface area contributed by atoms with Crippen LogP contribution in [0.25, 0.3) is 0 Å². The van der Waals surface area contributed by atoms with E-state index in [9.17, 15) is 14.9 Å². The van der Waals surface area contributed by atoms with Crippen molar-refractivity contribution >= 4 is 11.6 Å². The maximum Gasteiger partial charge on any atom is 0.269 e. The minimum atomic E-state index is -0.485. The number of nitro benzene ring substituents is 1. The number of carbonyl (C=O) groups is 1. The first-order valence-corrected chi connectivity index (χ1v) is 9.43. The number of hydrogen-bond donors (Lipinski definition) is 0. The molecule has 7 heteroatoms. The molecule has 0 spiro atoms. The van der Waals surface area contributed by atoms with Gasteiger partial charge in [0.15, 0.2) is 0 Å². The SMILES string of the molecule is C=CCN(Cc1cccn1Cc1cccc(OC)c1)C(=O)c1ccc([N+](=O)[O-])cc1. The van der Waals surface area contributed by atoms with Crippen molar-refractivity contribution in [3.8, 4) is 5.75 Å². The van der Waals surface area contributed by atoms with Crippen LogP contribution >= 0.6 is 0 Å². The van der Waals surface area contributed by atoms with Crippen LogP contribution in [0.3, 0.4) is 0 Å². The van der Waals surface area contributed by atoms with E-state index in [1.165, 1.54) is 24.3 Å². The molecule has 0 bridgehead atoms. The lowest BCUT2D eigenvalue weighted by atomic mass is 10.1. The zero-order chi connectivity index (χ0) is 21.5. The van der Waals surface area contributed by atoms with E-state index in [-0.39, 0.29) is 11.6 Å².